The minimum absolute atomic E-state index is 0.222. The van der Waals surface area contributed by atoms with Crippen molar-refractivity contribution in [1.82, 2.24) is 0 Å². The molecule has 0 unspecified atom stereocenters. The van der Waals surface area contributed by atoms with Crippen LogP contribution in [0.5, 0.6) is 0 Å². The maximum atomic E-state index is 12.3. The molecule has 0 atom stereocenters. The molecule has 0 aliphatic carbocycles. The molecule has 0 saturated heterocycles. The molecule has 4 nitrogen and oxygen atoms in total. The Hall–Kier alpha value is -2.14. The summed E-state index contributed by atoms with van der Waals surface area (Å²) in [7, 11) is 0. The summed E-state index contributed by atoms with van der Waals surface area (Å²) in [6.07, 6.45) is 0. The molecule has 2 aromatic rings. The molecule has 1 aromatic carbocycles. The third-order valence-corrected chi connectivity index (χ3v) is 3.93. The highest BCUT2D eigenvalue weighted by atomic mass is 32.1. The molecule has 2 rings (SSSR count). The first-order chi connectivity index (χ1) is 10.0. The standard InChI is InChI=1S/C16H17NO3S/c1-4-20-16(19)13-9-11(3)21-15(13)17-14(18)12-8-6-5-7-10(12)2/h5-9H,4H2,1-3H3,(H,17,18). The summed E-state index contributed by atoms with van der Waals surface area (Å²) in [5.74, 6) is -0.637. The second-order valence-electron chi connectivity index (χ2n) is 4.59. The topological polar surface area (TPSA) is 55.4 Å². The predicted octanol–water partition coefficient (Wildman–Crippen LogP) is 3.79. The Bertz CT molecular complexity index is 676. The highest BCUT2D eigenvalue weighted by Crippen LogP contribution is 2.29. The van der Waals surface area contributed by atoms with E-state index >= 15 is 0 Å². The number of rotatable bonds is 4. The van der Waals surface area contributed by atoms with Crippen molar-refractivity contribution in [1.29, 1.82) is 0 Å². The number of hydrogen-bond acceptors (Lipinski definition) is 4. The van der Waals surface area contributed by atoms with Crippen LogP contribution in [0.1, 0.15) is 38.1 Å². The highest BCUT2D eigenvalue weighted by molar-refractivity contribution is 7.16. The lowest BCUT2D eigenvalue weighted by Crippen LogP contribution is -2.15. The monoisotopic (exact) mass is 303 g/mol. The second-order valence-corrected chi connectivity index (χ2v) is 5.85. The van der Waals surface area contributed by atoms with E-state index in [1.54, 1.807) is 19.1 Å². The van der Waals surface area contributed by atoms with Gasteiger partial charge >= 0.3 is 5.97 Å². The quantitative estimate of drug-likeness (QED) is 0.874. The Labute approximate surface area is 127 Å². The number of thiophene rings is 1. The van der Waals surface area contributed by atoms with Crippen LogP contribution in [-0.4, -0.2) is 18.5 Å². The van der Waals surface area contributed by atoms with Gasteiger partial charge in [0.05, 0.1) is 12.2 Å². The molecule has 0 spiro atoms. The van der Waals surface area contributed by atoms with Crippen LogP contribution >= 0.6 is 11.3 Å². The molecular formula is C16H17NO3S. The molecule has 110 valence electrons. The number of carbonyl (C=O) groups excluding carboxylic acids is 2. The van der Waals surface area contributed by atoms with E-state index in [0.717, 1.165) is 10.4 Å². The highest BCUT2D eigenvalue weighted by Gasteiger charge is 2.18. The lowest BCUT2D eigenvalue weighted by molar-refractivity contribution is 0.0528. The van der Waals surface area contributed by atoms with Gasteiger partial charge in [0, 0.05) is 10.4 Å². The zero-order valence-corrected chi connectivity index (χ0v) is 13.0. The number of anilines is 1. The molecule has 5 heteroatoms. The van der Waals surface area contributed by atoms with Gasteiger partial charge in [-0.05, 0) is 38.5 Å². The van der Waals surface area contributed by atoms with Crippen LogP contribution in [0.2, 0.25) is 0 Å². The number of esters is 1. The summed E-state index contributed by atoms with van der Waals surface area (Å²) in [6, 6.07) is 9.06. The van der Waals surface area contributed by atoms with E-state index in [-0.39, 0.29) is 5.91 Å². The molecule has 21 heavy (non-hydrogen) atoms. The van der Waals surface area contributed by atoms with Gasteiger partial charge in [0.2, 0.25) is 0 Å². The Balaban J connectivity index is 2.26. The summed E-state index contributed by atoms with van der Waals surface area (Å²) >= 11 is 1.36. The van der Waals surface area contributed by atoms with Gasteiger partial charge in [-0.15, -0.1) is 11.3 Å². The zero-order valence-electron chi connectivity index (χ0n) is 12.2. The first-order valence-electron chi connectivity index (χ1n) is 6.67. The largest absolute Gasteiger partial charge is 0.462 e. The van der Waals surface area contributed by atoms with Gasteiger partial charge < -0.3 is 10.1 Å². The predicted molar refractivity (Wildman–Crippen MR) is 84.1 cm³/mol. The molecule has 1 N–H and O–H groups in total. The number of carbonyl (C=O) groups is 2. The zero-order chi connectivity index (χ0) is 15.4. The maximum Gasteiger partial charge on any atom is 0.341 e. The molecule has 0 saturated carbocycles. The summed E-state index contributed by atoms with van der Waals surface area (Å²) in [6.45, 7) is 5.82. The minimum atomic E-state index is -0.415. The number of ether oxygens (including phenoxy) is 1. The van der Waals surface area contributed by atoms with Gasteiger partial charge in [-0.2, -0.15) is 0 Å². The van der Waals surface area contributed by atoms with Crippen LogP contribution < -0.4 is 5.32 Å². The molecule has 0 aliphatic rings. The lowest BCUT2D eigenvalue weighted by Gasteiger charge is -2.07. The summed E-state index contributed by atoms with van der Waals surface area (Å²) in [5.41, 5.74) is 1.89. The average Bonchev–Trinajstić information content (AvgIpc) is 2.80. The molecule has 1 aromatic heterocycles. The van der Waals surface area contributed by atoms with Gasteiger partial charge in [-0.25, -0.2) is 4.79 Å². The van der Waals surface area contributed by atoms with Gasteiger partial charge in [-0.3, -0.25) is 4.79 Å². The first-order valence-corrected chi connectivity index (χ1v) is 7.49. The maximum absolute atomic E-state index is 12.3. The van der Waals surface area contributed by atoms with Crippen LogP contribution in [-0.2, 0) is 4.74 Å². The molecule has 0 fully saturated rings. The third kappa shape index (κ3) is 3.49. The van der Waals surface area contributed by atoms with Crippen molar-refractivity contribution in [3.05, 3.63) is 51.9 Å². The number of hydrogen-bond donors (Lipinski definition) is 1. The van der Waals surface area contributed by atoms with Crippen LogP contribution in [0.4, 0.5) is 5.00 Å². The van der Waals surface area contributed by atoms with E-state index in [2.05, 4.69) is 5.32 Å². The van der Waals surface area contributed by atoms with Crippen molar-refractivity contribution in [2.24, 2.45) is 0 Å². The van der Waals surface area contributed by atoms with Crippen molar-refractivity contribution in [2.75, 3.05) is 11.9 Å². The van der Waals surface area contributed by atoms with E-state index in [0.29, 0.717) is 22.7 Å². The fourth-order valence-electron chi connectivity index (χ4n) is 1.97. The smallest absolute Gasteiger partial charge is 0.341 e. The second kappa shape index (κ2) is 6.54. The number of nitrogens with one attached hydrogen (secondary N) is 1. The van der Waals surface area contributed by atoms with Crippen LogP contribution in [0.3, 0.4) is 0 Å². The normalized spacial score (nSPS) is 10.2. The minimum Gasteiger partial charge on any atom is -0.462 e. The fourth-order valence-corrected chi connectivity index (χ4v) is 2.86. The number of benzene rings is 1. The van der Waals surface area contributed by atoms with Crippen molar-refractivity contribution in [3.63, 3.8) is 0 Å². The van der Waals surface area contributed by atoms with E-state index in [1.807, 2.05) is 32.0 Å². The van der Waals surface area contributed by atoms with Crippen LogP contribution in [0.15, 0.2) is 30.3 Å². The van der Waals surface area contributed by atoms with Crippen molar-refractivity contribution in [3.8, 4) is 0 Å². The Kier molecular flexibility index (Phi) is 4.75. The number of amides is 1. The Morgan fingerprint density at radius 2 is 1.90 bits per heavy atom. The third-order valence-electron chi connectivity index (χ3n) is 2.97. The van der Waals surface area contributed by atoms with Crippen molar-refractivity contribution >= 4 is 28.2 Å². The van der Waals surface area contributed by atoms with Crippen molar-refractivity contribution < 1.29 is 14.3 Å². The van der Waals surface area contributed by atoms with Gasteiger partial charge in [0.1, 0.15) is 5.00 Å². The Morgan fingerprint density at radius 3 is 2.57 bits per heavy atom. The van der Waals surface area contributed by atoms with Crippen LogP contribution in [0.25, 0.3) is 0 Å². The van der Waals surface area contributed by atoms with E-state index < -0.39 is 5.97 Å². The number of aryl methyl sites for hydroxylation is 2. The molecule has 1 amide bonds. The van der Waals surface area contributed by atoms with Gasteiger partial charge in [0.15, 0.2) is 0 Å². The molecule has 1 heterocycles. The van der Waals surface area contributed by atoms with Gasteiger partial charge in [-0.1, -0.05) is 18.2 Å². The van der Waals surface area contributed by atoms with E-state index in [4.69, 9.17) is 4.74 Å². The van der Waals surface area contributed by atoms with E-state index in [1.165, 1.54) is 11.3 Å². The molecular weight excluding hydrogens is 286 g/mol. The summed E-state index contributed by atoms with van der Waals surface area (Å²) < 4.78 is 5.01. The van der Waals surface area contributed by atoms with Gasteiger partial charge in [0.25, 0.3) is 5.91 Å². The first kappa shape index (κ1) is 15.3. The SMILES string of the molecule is CCOC(=O)c1cc(C)sc1NC(=O)c1ccccc1C. The average molecular weight is 303 g/mol. The Morgan fingerprint density at radius 1 is 1.19 bits per heavy atom. The van der Waals surface area contributed by atoms with Crippen LogP contribution in [0, 0.1) is 13.8 Å². The molecule has 0 radical (unpaired) electrons. The molecule has 0 bridgehead atoms. The lowest BCUT2D eigenvalue weighted by atomic mass is 10.1. The molecule has 0 aliphatic heterocycles. The summed E-state index contributed by atoms with van der Waals surface area (Å²) in [5, 5.41) is 3.33. The summed E-state index contributed by atoms with van der Waals surface area (Å²) in [4.78, 5) is 25.2. The van der Waals surface area contributed by atoms with Crippen molar-refractivity contribution in [2.45, 2.75) is 20.8 Å². The fraction of sp³-hybridized carbons (Fsp3) is 0.250. The van der Waals surface area contributed by atoms with E-state index in [9.17, 15) is 9.59 Å².